The van der Waals surface area contributed by atoms with Crippen molar-refractivity contribution in [2.75, 3.05) is 6.61 Å². The van der Waals surface area contributed by atoms with Crippen LogP contribution >= 0.6 is 0 Å². The molecule has 182 valence electrons. The molecule has 0 bridgehead atoms. The van der Waals surface area contributed by atoms with Crippen LogP contribution in [0, 0.1) is 28.6 Å². The fraction of sp³-hybridized carbons (Fsp3) is 0.792. The number of nitrogens with zero attached hydrogens (tertiary/aromatic N) is 1. The first-order chi connectivity index (χ1) is 15.5. The molecule has 6 N–H and O–H groups in total. The summed E-state index contributed by atoms with van der Waals surface area (Å²) in [5.74, 6) is -0.326. The highest BCUT2D eigenvalue weighted by Gasteiger charge is 2.71. The van der Waals surface area contributed by atoms with E-state index >= 15 is 0 Å². The largest absolute Gasteiger partial charge is 0.458 e. The third-order valence-corrected chi connectivity index (χ3v) is 10.1. The molecule has 2 amide bonds. The summed E-state index contributed by atoms with van der Waals surface area (Å²) in [6.45, 7) is 2.45. The molecular formula is C24H35N3O6. The molecule has 4 aliphatic carbocycles. The number of hydrazone groups is 1. The zero-order valence-corrected chi connectivity index (χ0v) is 19.1. The van der Waals surface area contributed by atoms with E-state index in [1.165, 1.54) is 0 Å². The van der Waals surface area contributed by atoms with Crippen LogP contribution in [0.15, 0.2) is 16.8 Å². The first-order valence-corrected chi connectivity index (χ1v) is 12.1. The van der Waals surface area contributed by atoms with Crippen molar-refractivity contribution in [1.82, 2.24) is 5.43 Å². The van der Waals surface area contributed by atoms with Crippen LogP contribution < -0.4 is 11.2 Å². The Kier molecular flexibility index (Phi) is 5.19. The molecule has 5 rings (SSSR count). The molecule has 0 saturated heterocycles. The van der Waals surface area contributed by atoms with Crippen molar-refractivity contribution in [3.63, 3.8) is 0 Å². The Morgan fingerprint density at radius 1 is 1.18 bits per heavy atom. The zero-order chi connectivity index (χ0) is 23.6. The van der Waals surface area contributed by atoms with Crippen molar-refractivity contribution >= 4 is 18.2 Å². The van der Waals surface area contributed by atoms with Crippen molar-refractivity contribution in [3.8, 4) is 0 Å². The SMILES string of the molecule is C[C@]12CC[C@@H]3[C@H](CC[C@]4(O)C[C@@H](O)CC[C@]34/C=N\NC(N)=O)[C@]1(O)CC[C@H]2C1=CC(=O)OC1. The Balaban J connectivity index is 1.52. The highest BCUT2D eigenvalue weighted by atomic mass is 16.5. The van der Waals surface area contributed by atoms with E-state index in [1.54, 1.807) is 12.3 Å². The number of ether oxygens (including phenoxy) is 1. The van der Waals surface area contributed by atoms with E-state index in [4.69, 9.17) is 10.5 Å². The third-order valence-electron chi connectivity index (χ3n) is 10.1. The summed E-state index contributed by atoms with van der Waals surface area (Å²) in [5.41, 5.74) is 5.21. The number of nitrogens with two attached hydrogens (primary N) is 1. The van der Waals surface area contributed by atoms with Gasteiger partial charge in [-0.05, 0) is 74.7 Å². The normalized spacial score (nSPS) is 49.1. The Hall–Kier alpha value is -1.97. The summed E-state index contributed by atoms with van der Waals surface area (Å²) < 4.78 is 5.18. The molecule has 9 nitrogen and oxygen atoms in total. The van der Waals surface area contributed by atoms with Gasteiger partial charge in [0.1, 0.15) is 6.61 Å². The lowest BCUT2D eigenvalue weighted by molar-refractivity contribution is -0.237. The number of aliphatic hydroxyl groups excluding tert-OH is 1. The molecule has 1 heterocycles. The number of nitrogens with one attached hydrogen (secondary N) is 1. The number of hydrogen-bond acceptors (Lipinski definition) is 7. The summed E-state index contributed by atoms with van der Waals surface area (Å²) in [4.78, 5) is 23.0. The average Bonchev–Trinajstić information content (AvgIpc) is 3.28. The van der Waals surface area contributed by atoms with Crippen LogP contribution in [-0.4, -0.2) is 57.4 Å². The monoisotopic (exact) mass is 461 g/mol. The molecule has 5 aliphatic rings. The molecule has 4 saturated carbocycles. The number of primary amides is 1. The first kappa shape index (κ1) is 22.8. The van der Waals surface area contributed by atoms with Gasteiger partial charge in [-0.2, -0.15) is 5.10 Å². The average molecular weight is 462 g/mol. The van der Waals surface area contributed by atoms with Crippen LogP contribution in [0.2, 0.25) is 0 Å². The lowest BCUT2D eigenvalue weighted by Gasteiger charge is -2.65. The highest BCUT2D eigenvalue weighted by molar-refractivity contribution is 5.85. The Labute approximate surface area is 193 Å². The molecule has 1 aliphatic heterocycles. The van der Waals surface area contributed by atoms with E-state index in [-0.39, 0.29) is 35.6 Å². The third kappa shape index (κ3) is 3.12. The standard InChI is InChI=1S/C24H35N3O6/c1-21-6-3-17-18(24(21,32)9-5-16(21)14-10-19(29)33-12-14)4-8-23(31)11-15(28)2-7-22(17,23)13-26-27-20(25)30/h10,13,15-18,28,31-32H,2-9,11-12H2,1H3,(H3,25,27,30)/b26-13-/t15-,16-,17+,18-,21+,22-,23-,24+/m0/s1. The molecule has 4 fully saturated rings. The lowest BCUT2D eigenvalue weighted by atomic mass is 9.41. The highest BCUT2D eigenvalue weighted by Crippen LogP contribution is 2.70. The van der Waals surface area contributed by atoms with Crippen molar-refractivity contribution in [2.24, 2.45) is 39.4 Å². The van der Waals surface area contributed by atoms with Gasteiger partial charge in [0.15, 0.2) is 0 Å². The van der Waals surface area contributed by atoms with Gasteiger partial charge in [0, 0.05) is 29.5 Å². The van der Waals surface area contributed by atoms with Gasteiger partial charge in [-0.25, -0.2) is 15.0 Å². The first-order valence-electron chi connectivity index (χ1n) is 12.1. The van der Waals surface area contributed by atoms with Crippen molar-refractivity contribution in [3.05, 3.63) is 11.6 Å². The minimum Gasteiger partial charge on any atom is -0.458 e. The number of cyclic esters (lactones) is 1. The second-order valence-corrected chi connectivity index (χ2v) is 11.3. The lowest BCUT2D eigenvalue weighted by Crippen LogP contribution is -2.68. The number of amides is 2. The Bertz CT molecular complexity index is 922. The van der Waals surface area contributed by atoms with Crippen LogP contribution in [0.5, 0.6) is 0 Å². The van der Waals surface area contributed by atoms with Gasteiger partial charge in [-0.3, -0.25) is 0 Å². The van der Waals surface area contributed by atoms with Crippen LogP contribution in [0.25, 0.3) is 0 Å². The maximum absolute atomic E-state index is 12.3. The van der Waals surface area contributed by atoms with Crippen molar-refractivity contribution in [1.29, 1.82) is 0 Å². The van der Waals surface area contributed by atoms with Crippen LogP contribution in [0.3, 0.4) is 0 Å². The summed E-state index contributed by atoms with van der Waals surface area (Å²) >= 11 is 0. The predicted octanol–water partition coefficient (Wildman–Crippen LogP) is 1.35. The minimum absolute atomic E-state index is 0.0468. The molecule has 0 spiro atoms. The van der Waals surface area contributed by atoms with E-state index in [0.717, 1.165) is 24.8 Å². The number of carbonyl (C=O) groups is 2. The van der Waals surface area contributed by atoms with Gasteiger partial charge in [-0.1, -0.05) is 6.92 Å². The molecular weight excluding hydrogens is 426 g/mol. The predicted molar refractivity (Wildman–Crippen MR) is 119 cm³/mol. The van der Waals surface area contributed by atoms with Crippen LogP contribution in [0.1, 0.15) is 64.7 Å². The van der Waals surface area contributed by atoms with Crippen LogP contribution in [-0.2, 0) is 9.53 Å². The molecule has 0 aromatic rings. The number of esters is 1. The second-order valence-electron chi connectivity index (χ2n) is 11.3. The smallest absolute Gasteiger partial charge is 0.332 e. The quantitative estimate of drug-likeness (QED) is 0.243. The summed E-state index contributed by atoms with van der Waals surface area (Å²) in [7, 11) is 0. The van der Waals surface area contributed by atoms with E-state index in [1.807, 2.05) is 0 Å². The molecule has 0 radical (unpaired) electrons. The Morgan fingerprint density at radius 3 is 2.64 bits per heavy atom. The number of hydrogen-bond donors (Lipinski definition) is 5. The Morgan fingerprint density at radius 2 is 1.94 bits per heavy atom. The van der Waals surface area contributed by atoms with Gasteiger partial charge in [0.25, 0.3) is 0 Å². The van der Waals surface area contributed by atoms with E-state index < -0.39 is 28.8 Å². The maximum atomic E-state index is 12.3. The van der Waals surface area contributed by atoms with E-state index in [0.29, 0.717) is 38.7 Å². The number of carbonyl (C=O) groups excluding carboxylic acids is 2. The van der Waals surface area contributed by atoms with E-state index in [9.17, 15) is 24.9 Å². The number of urea groups is 1. The van der Waals surface area contributed by atoms with Crippen LogP contribution in [0.4, 0.5) is 4.79 Å². The topological polar surface area (TPSA) is 154 Å². The molecule has 0 aromatic heterocycles. The number of aliphatic hydroxyl groups is 3. The fourth-order valence-electron chi connectivity index (χ4n) is 8.57. The maximum Gasteiger partial charge on any atom is 0.332 e. The molecule has 0 unspecified atom stereocenters. The molecule has 9 heteroatoms. The summed E-state index contributed by atoms with van der Waals surface area (Å²) in [5, 5.41) is 38.6. The number of rotatable bonds is 3. The van der Waals surface area contributed by atoms with Gasteiger partial charge in [0.05, 0.1) is 17.3 Å². The van der Waals surface area contributed by atoms with E-state index in [2.05, 4.69) is 17.5 Å². The number of fused-ring (bicyclic) bond motifs is 5. The molecule has 8 atom stereocenters. The second kappa shape index (κ2) is 7.52. The van der Waals surface area contributed by atoms with Crippen molar-refractivity contribution in [2.45, 2.75) is 82.0 Å². The molecule has 0 aromatic carbocycles. The van der Waals surface area contributed by atoms with Gasteiger partial charge in [-0.15, -0.1) is 0 Å². The minimum atomic E-state index is -1.16. The fourth-order valence-corrected chi connectivity index (χ4v) is 8.57. The summed E-state index contributed by atoms with van der Waals surface area (Å²) in [6, 6.07) is -0.774. The van der Waals surface area contributed by atoms with Crippen molar-refractivity contribution < 1.29 is 29.6 Å². The zero-order valence-electron chi connectivity index (χ0n) is 19.1. The van der Waals surface area contributed by atoms with Gasteiger partial charge >= 0.3 is 12.0 Å². The van der Waals surface area contributed by atoms with Gasteiger partial charge in [0.2, 0.25) is 0 Å². The van der Waals surface area contributed by atoms with Gasteiger partial charge < -0.3 is 25.8 Å². The summed E-state index contributed by atoms with van der Waals surface area (Å²) in [6.07, 6.45) is 8.02. The molecule has 33 heavy (non-hydrogen) atoms.